The van der Waals surface area contributed by atoms with Gasteiger partial charge >= 0.3 is 0 Å². The Kier molecular flexibility index (Phi) is 5.96. The first-order valence-corrected chi connectivity index (χ1v) is 9.43. The summed E-state index contributed by atoms with van der Waals surface area (Å²) in [6.07, 6.45) is 4.16. The highest BCUT2D eigenvalue weighted by Crippen LogP contribution is 2.31. The first kappa shape index (κ1) is 19.2. The highest BCUT2D eigenvalue weighted by molar-refractivity contribution is 5.95. The van der Waals surface area contributed by atoms with E-state index in [9.17, 15) is 9.59 Å². The Morgan fingerprint density at radius 2 is 1.96 bits per heavy atom. The van der Waals surface area contributed by atoms with E-state index < -0.39 is 0 Å². The number of amides is 2. The number of likely N-dealkylation sites (tertiary alicyclic amines) is 1. The number of nitrogens with one attached hydrogen (secondary N) is 2. The number of rotatable bonds is 6. The Bertz CT molecular complexity index is 827. The lowest BCUT2D eigenvalue weighted by Gasteiger charge is -2.24. The van der Waals surface area contributed by atoms with Crippen molar-refractivity contribution in [2.45, 2.75) is 32.7 Å². The molecule has 2 N–H and O–H groups in total. The molecule has 1 aromatic heterocycles. The Labute approximate surface area is 160 Å². The summed E-state index contributed by atoms with van der Waals surface area (Å²) in [5.41, 5.74) is 4.18. The Morgan fingerprint density at radius 1 is 1.15 bits per heavy atom. The largest absolute Gasteiger partial charge is 0.353 e. The van der Waals surface area contributed by atoms with Crippen molar-refractivity contribution in [1.82, 2.24) is 14.8 Å². The topological polar surface area (TPSA) is 66.4 Å². The zero-order valence-electron chi connectivity index (χ0n) is 16.3. The fraction of sp³-hybridized carbons (Fsp3) is 0.429. The number of nitrogens with zero attached hydrogens (tertiary/aromatic N) is 2. The van der Waals surface area contributed by atoms with Gasteiger partial charge < -0.3 is 15.2 Å². The molecular formula is C21H28N4O2. The molecule has 1 unspecified atom stereocenters. The van der Waals surface area contributed by atoms with Gasteiger partial charge in [-0.2, -0.15) is 0 Å². The van der Waals surface area contributed by atoms with Gasteiger partial charge in [-0.05, 0) is 62.6 Å². The number of aromatic nitrogens is 1. The molecule has 0 aliphatic carbocycles. The predicted octanol–water partition coefficient (Wildman–Crippen LogP) is 2.53. The molecule has 3 rings (SSSR count). The van der Waals surface area contributed by atoms with Crippen LogP contribution in [0.4, 0.5) is 5.69 Å². The van der Waals surface area contributed by atoms with E-state index in [1.165, 1.54) is 5.69 Å². The van der Waals surface area contributed by atoms with Crippen LogP contribution in [0, 0.1) is 13.8 Å². The fourth-order valence-corrected chi connectivity index (χ4v) is 3.67. The van der Waals surface area contributed by atoms with E-state index >= 15 is 0 Å². The molecule has 2 heterocycles. The molecule has 1 fully saturated rings. The third-order valence-corrected chi connectivity index (χ3v) is 5.36. The van der Waals surface area contributed by atoms with Gasteiger partial charge in [-0.1, -0.05) is 12.1 Å². The highest BCUT2D eigenvalue weighted by atomic mass is 16.2. The molecule has 0 saturated carbocycles. The van der Waals surface area contributed by atoms with E-state index in [4.69, 9.17) is 0 Å². The maximum Gasteiger partial charge on any atom is 0.243 e. The van der Waals surface area contributed by atoms with Gasteiger partial charge in [-0.3, -0.25) is 14.5 Å². The fourth-order valence-electron chi connectivity index (χ4n) is 3.67. The monoisotopic (exact) mass is 368 g/mol. The summed E-state index contributed by atoms with van der Waals surface area (Å²) in [7, 11) is 2.03. The van der Waals surface area contributed by atoms with E-state index in [2.05, 4.69) is 26.2 Å². The van der Waals surface area contributed by atoms with Crippen LogP contribution in [0.2, 0.25) is 0 Å². The molecule has 1 aromatic carbocycles. The zero-order chi connectivity index (χ0) is 19.4. The molecule has 0 bridgehead atoms. The second-order valence-corrected chi connectivity index (χ2v) is 7.24. The van der Waals surface area contributed by atoms with Gasteiger partial charge in [0.15, 0.2) is 0 Å². The molecule has 1 aliphatic rings. The summed E-state index contributed by atoms with van der Waals surface area (Å²) in [4.78, 5) is 26.7. The molecule has 6 nitrogen and oxygen atoms in total. The molecule has 0 spiro atoms. The van der Waals surface area contributed by atoms with Crippen LogP contribution >= 0.6 is 0 Å². The van der Waals surface area contributed by atoms with Crippen molar-refractivity contribution in [2.24, 2.45) is 7.05 Å². The summed E-state index contributed by atoms with van der Waals surface area (Å²) in [6, 6.07) is 10.2. The van der Waals surface area contributed by atoms with Crippen LogP contribution in [0.3, 0.4) is 0 Å². The van der Waals surface area contributed by atoms with Crippen molar-refractivity contribution >= 4 is 17.5 Å². The van der Waals surface area contributed by atoms with Gasteiger partial charge in [-0.25, -0.2) is 0 Å². The Hall–Kier alpha value is -2.60. The SMILES string of the molecule is Cc1cccc(NC(=O)CNC(=O)CN2CCCC2c2cccn2C)c1C. The van der Waals surface area contributed by atoms with E-state index in [1.54, 1.807) is 0 Å². The van der Waals surface area contributed by atoms with Crippen LogP contribution in [0.1, 0.15) is 35.7 Å². The average molecular weight is 368 g/mol. The van der Waals surface area contributed by atoms with Gasteiger partial charge in [0, 0.05) is 24.6 Å². The van der Waals surface area contributed by atoms with Crippen molar-refractivity contribution in [2.75, 3.05) is 25.0 Å². The smallest absolute Gasteiger partial charge is 0.243 e. The normalized spacial score (nSPS) is 17.1. The van der Waals surface area contributed by atoms with Crippen LogP contribution in [0.15, 0.2) is 36.5 Å². The van der Waals surface area contributed by atoms with Gasteiger partial charge in [0.05, 0.1) is 19.1 Å². The summed E-state index contributed by atoms with van der Waals surface area (Å²) in [5, 5.41) is 5.61. The molecule has 2 aromatic rings. The van der Waals surface area contributed by atoms with Crippen LogP contribution in [-0.4, -0.2) is 40.9 Å². The lowest BCUT2D eigenvalue weighted by atomic mass is 10.1. The van der Waals surface area contributed by atoms with Crippen molar-refractivity contribution in [3.63, 3.8) is 0 Å². The third-order valence-electron chi connectivity index (χ3n) is 5.36. The average Bonchev–Trinajstić information content (AvgIpc) is 3.25. The molecular weight excluding hydrogens is 340 g/mol. The number of hydrogen-bond acceptors (Lipinski definition) is 3. The zero-order valence-corrected chi connectivity index (χ0v) is 16.3. The highest BCUT2D eigenvalue weighted by Gasteiger charge is 2.28. The van der Waals surface area contributed by atoms with Gasteiger partial charge in [-0.15, -0.1) is 0 Å². The van der Waals surface area contributed by atoms with E-state index in [-0.39, 0.29) is 24.4 Å². The number of hydrogen-bond donors (Lipinski definition) is 2. The number of carbonyl (C=O) groups excluding carboxylic acids is 2. The van der Waals surface area contributed by atoms with Crippen LogP contribution in [-0.2, 0) is 16.6 Å². The third kappa shape index (κ3) is 4.57. The maximum atomic E-state index is 12.3. The van der Waals surface area contributed by atoms with Crippen molar-refractivity contribution in [3.05, 3.63) is 53.3 Å². The summed E-state index contributed by atoms with van der Waals surface area (Å²) in [6.45, 7) is 5.17. The molecule has 1 aliphatic heterocycles. The van der Waals surface area contributed by atoms with E-state index in [0.29, 0.717) is 6.54 Å². The molecule has 1 saturated heterocycles. The molecule has 0 radical (unpaired) electrons. The van der Waals surface area contributed by atoms with Crippen molar-refractivity contribution < 1.29 is 9.59 Å². The minimum Gasteiger partial charge on any atom is -0.353 e. The number of carbonyl (C=O) groups is 2. The number of aryl methyl sites for hydroxylation is 2. The second kappa shape index (κ2) is 8.39. The van der Waals surface area contributed by atoms with Crippen LogP contribution in [0.25, 0.3) is 0 Å². The number of benzene rings is 1. The summed E-state index contributed by atoms with van der Waals surface area (Å²) in [5.74, 6) is -0.329. The lowest BCUT2D eigenvalue weighted by molar-refractivity contribution is -0.125. The number of anilines is 1. The summed E-state index contributed by atoms with van der Waals surface area (Å²) < 4.78 is 2.11. The van der Waals surface area contributed by atoms with Gasteiger partial charge in [0.25, 0.3) is 0 Å². The molecule has 144 valence electrons. The standard InChI is InChI=1S/C21H28N4O2/c1-15-7-4-8-17(16(15)2)23-20(26)13-22-21(27)14-25-12-6-10-19(25)18-9-5-11-24(18)3/h4-5,7-9,11,19H,6,10,12-14H2,1-3H3,(H,22,27)(H,23,26). The van der Waals surface area contributed by atoms with Gasteiger partial charge in [0.2, 0.25) is 11.8 Å². The summed E-state index contributed by atoms with van der Waals surface area (Å²) >= 11 is 0. The first-order chi connectivity index (χ1) is 13.0. The van der Waals surface area contributed by atoms with Crippen LogP contribution in [0.5, 0.6) is 0 Å². The molecule has 1 atom stereocenters. The first-order valence-electron chi connectivity index (χ1n) is 9.43. The van der Waals surface area contributed by atoms with E-state index in [1.807, 2.05) is 51.4 Å². The van der Waals surface area contributed by atoms with Gasteiger partial charge in [0.1, 0.15) is 0 Å². The van der Waals surface area contributed by atoms with E-state index in [0.717, 1.165) is 36.2 Å². The quantitative estimate of drug-likeness (QED) is 0.823. The lowest BCUT2D eigenvalue weighted by Crippen LogP contribution is -2.40. The Morgan fingerprint density at radius 3 is 2.70 bits per heavy atom. The molecule has 2 amide bonds. The van der Waals surface area contributed by atoms with Crippen molar-refractivity contribution in [3.8, 4) is 0 Å². The van der Waals surface area contributed by atoms with Crippen LogP contribution < -0.4 is 10.6 Å². The minimum absolute atomic E-state index is 0.0190. The molecule has 27 heavy (non-hydrogen) atoms. The second-order valence-electron chi connectivity index (χ2n) is 7.24. The maximum absolute atomic E-state index is 12.3. The van der Waals surface area contributed by atoms with Crippen molar-refractivity contribution in [1.29, 1.82) is 0 Å². The predicted molar refractivity (Wildman–Crippen MR) is 107 cm³/mol. The Balaban J connectivity index is 1.50. The molecule has 6 heteroatoms. The minimum atomic E-state index is -0.211.